The van der Waals surface area contributed by atoms with Gasteiger partial charge in [-0.05, 0) is 11.8 Å². The van der Waals surface area contributed by atoms with Crippen molar-refractivity contribution in [1.82, 2.24) is 0 Å². The molecule has 0 amide bonds. The average molecular weight is 174 g/mol. The quantitative estimate of drug-likeness (QED) is 0.613. The van der Waals surface area contributed by atoms with Gasteiger partial charge in [-0.1, -0.05) is 30.4 Å². The fraction of sp³-hybridized carbons (Fsp3) is 0.364. The van der Waals surface area contributed by atoms with Crippen molar-refractivity contribution in [3.05, 3.63) is 36.0 Å². The molecule has 4 rings (SSSR count). The average Bonchev–Trinajstić information content (AvgIpc) is 2.03. The summed E-state index contributed by atoms with van der Waals surface area (Å²) in [5.41, 5.74) is 0.595. The third-order valence-electron chi connectivity index (χ3n) is 3.38. The van der Waals surface area contributed by atoms with Crippen LogP contribution in [-0.2, 0) is 4.79 Å². The number of allylic oxidation sites excluding steroid dienone is 5. The third-order valence-corrected chi connectivity index (χ3v) is 3.38. The van der Waals surface area contributed by atoms with Crippen molar-refractivity contribution in [2.24, 2.45) is 23.7 Å². The standard InChI is InChI=1S/C11H10O2/c12-11(13)10-5-6-1-2-9(10)8-4-3-7(6)8/h1-9H,(H,12,13)/t6-,7+,8+,9-/m0/s1. The van der Waals surface area contributed by atoms with E-state index < -0.39 is 5.97 Å². The van der Waals surface area contributed by atoms with Crippen molar-refractivity contribution in [3.8, 4) is 0 Å². The van der Waals surface area contributed by atoms with Gasteiger partial charge in [0.05, 0.1) is 0 Å². The van der Waals surface area contributed by atoms with Gasteiger partial charge in [0, 0.05) is 17.4 Å². The van der Waals surface area contributed by atoms with Gasteiger partial charge in [-0.25, -0.2) is 4.79 Å². The van der Waals surface area contributed by atoms with Crippen LogP contribution in [-0.4, -0.2) is 11.1 Å². The molecule has 2 bridgehead atoms. The molecule has 0 unspecified atom stereocenters. The number of carbonyl (C=O) groups is 1. The predicted octanol–water partition coefficient (Wildman–Crippen LogP) is 1.62. The zero-order chi connectivity index (χ0) is 9.00. The molecule has 4 atom stereocenters. The van der Waals surface area contributed by atoms with E-state index in [-0.39, 0.29) is 5.92 Å². The molecule has 13 heavy (non-hydrogen) atoms. The number of carboxylic acid groups (broad SMARTS) is 1. The van der Waals surface area contributed by atoms with Crippen LogP contribution in [0.3, 0.4) is 0 Å². The highest BCUT2D eigenvalue weighted by Gasteiger charge is 2.44. The molecule has 0 aromatic rings. The molecule has 0 fully saturated rings. The van der Waals surface area contributed by atoms with Gasteiger partial charge >= 0.3 is 5.97 Å². The molecule has 0 heterocycles. The van der Waals surface area contributed by atoms with Gasteiger partial charge in [-0.15, -0.1) is 0 Å². The first-order valence-corrected chi connectivity index (χ1v) is 4.59. The molecule has 0 aromatic heterocycles. The maximum Gasteiger partial charge on any atom is 0.331 e. The minimum Gasteiger partial charge on any atom is -0.478 e. The maximum absolute atomic E-state index is 10.9. The summed E-state index contributed by atoms with van der Waals surface area (Å²) in [6.07, 6.45) is 10.4. The lowest BCUT2D eigenvalue weighted by Crippen LogP contribution is -2.40. The molecule has 0 aliphatic heterocycles. The number of carboxylic acids is 1. The molecule has 0 aromatic carbocycles. The van der Waals surface area contributed by atoms with E-state index in [0.717, 1.165) is 0 Å². The van der Waals surface area contributed by atoms with E-state index in [4.69, 9.17) is 5.11 Å². The Morgan fingerprint density at radius 1 is 1.15 bits per heavy atom. The Balaban J connectivity index is 2.05. The van der Waals surface area contributed by atoms with E-state index in [2.05, 4.69) is 24.3 Å². The van der Waals surface area contributed by atoms with Gasteiger partial charge in [0.2, 0.25) is 0 Å². The van der Waals surface area contributed by atoms with E-state index in [1.807, 2.05) is 6.08 Å². The maximum atomic E-state index is 10.9. The second kappa shape index (κ2) is 2.13. The first-order valence-electron chi connectivity index (χ1n) is 4.59. The molecule has 66 valence electrons. The highest BCUT2D eigenvalue weighted by molar-refractivity contribution is 5.88. The molecule has 0 spiro atoms. The van der Waals surface area contributed by atoms with Crippen LogP contribution in [0.2, 0.25) is 0 Å². The first-order chi connectivity index (χ1) is 6.27. The van der Waals surface area contributed by atoms with E-state index in [1.54, 1.807) is 0 Å². The minimum atomic E-state index is -0.752. The fourth-order valence-electron chi connectivity index (χ4n) is 2.63. The second-order valence-corrected chi connectivity index (χ2v) is 3.95. The van der Waals surface area contributed by atoms with E-state index in [0.29, 0.717) is 23.3 Å². The lowest BCUT2D eigenvalue weighted by Gasteiger charge is -2.45. The summed E-state index contributed by atoms with van der Waals surface area (Å²) in [5, 5.41) is 8.96. The Bertz CT molecular complexity index is 362. The van der Waals surface area contributed by atoms with Gasteiger partial charge in [0.1, 0.15) is 0 Å². The molecular weight excluding hydrogens is 164 g/mol. The van der Waals surface area contributed by atoms with Crippen molar-refractivity contribution in [2.75, 3.05) is 0 Å². The fourth-order valence-corrected chi connectivity index (χ4v) is 2.63. The summed E-state index contributed by atoms with van der Waals surface area (Å²) in [4.78, 5) is 10.9. The van der Waals surface area contributed by atoms with Crippen LogP contribution in [0.15, 0.2) is 36.0 Å². The van der Waals surface area contributed by atoms with Gasteiger partial charge in [0.25, 0.3) is 0 Å². The van der Waals surface area contributed by atoms with E-state index in [1.165, 1.54) is 0 Å². The zero-order valence-electron chi connectivity index (χ0n) is 7.05. The summed E-state index contributed by atoms with van der Waals surface area (Å²) >= 11 is 0. The highest BCUT2D eigenvalue weighted by atomic mass is 16.4. The number of rotatable bonds is 1. The van der Waals surface area contributed by atoms with Crippen molar-refractivity contribution in [3.63, 3.8) is 0 Å². The van der Waals surface area contributed by atoms with Crippen molar-refractivity contribution in [1.29, 1.82) is 0 Å². The Hall–Kier alpha value is -1.31. The molecule has 4 aliphatic carbocycles. The van der Waals surface area contributed by atoms with Crippen LogP contribution in [0.4, 0.5) is 0 Å². The topological polar surface area (TPSA) is 37.3 Å². The van der Waals surface area contributed by atoms with Gasteiger partial charge in [0.15, 0.2) is 0 Å². The molecule has 1 N–H and O–H groups in total. The Labute approximate surface area is 76.3 Å². The van der Waals surface area contributed by atoms with Gasteiger partial charge < -0.3 is 5.11 Å². The Morgan fingerprint density at radius 2 is 1.92 bits per heavy atom. The van der Waals surface area contributed by atoms with Crippen LogP contribution < -0.4 is 0 Å². The largest absolute Gasteiger partial charge is 0.478 e. The lowest BCUT2D eigenvalue weighted by molar-refractivity contribution is -0.133. The third kappa shape index (κ3) is 0.755. The SMILES string of the molecule is O=C(O)C1=C[C@@H]2C=C[C@H]1[C@@H]1C=C[C@H]21. The predicted molar refractivity (Wildman–Crippen MR) is 48.0 cm³/mol. The minimum absolute atomic E-state index is 0.137. The van der Waals surface area contributed by atoms with Gasteiger partial charge in [-0.3, -0.25) is 0 Å². The van der Waals surface area contributed by atoms with Gasteiger partial charge in [-0.2, -0.15) is 0 Å². The van der Waals surface area contributed by atoms with Crippen molar-refractivity contribution in [2.45, 2.75) is 0 Å². The number of aliphatic carboxylic acids is 1. The smallest absolute Gasteiger partial charge is 0.331 e. The second-order valence-electron chi connectivity index (χ2n) is 3.95. The molecular formula is C11H10O2. The summed E-state index contributed by atoms with van der Waals surface area (Å²) in [6, 6.07) is 0. The number of hydrogen-bond donors (Lipinski definition) is 1. The summed E-state index contributed by atoms with van der Waals surface area (Å²) in [7, 11) is 0. The van der Waals surface area contributed by atoms with Crippen LogP contribution in [0.5, 0.6) is 0 Å². The first kappa shape index (κ1) is 7.13. The molecule has 0 saturated carbocycles. The van der Waals surface area contributed by atoms with Crippen LogP contribution in [0.1, 0.15) is 0 Å². The molecule has 4 aliphatic rings. The van der Waals surface area contributed by atoms with E-state index >= 15 is 0 Å². The van der Waals surface area contributed by atoms with Crippen LogP contribution >= 0.6 is 0 Å². The summed E-state index contributed by atoms with van der Waals surface area (Å²) in [5.74, 6) is 0.769. The lowest BCUT2D eigenvalue weighted by atomic mass is 9.58. The zero-order valence-corrected chi connectivity index (χ0v) is 7.05. The van der Waals surface area contributed by atoms with E-state index in [9.17, 15) is 4.79 Å². The normalized spacial score (nSPS) is 43.8. The Kier molecular flexibility index (Phi) is 1.17. The van der Waals surface area contributed by atoms with Crippen LogP contribution in [0, 0.1) is 23.7 Å². The number of hydrogen-bond acceptors (Lipinski definition) is 1. The monoisotopic (exact) mass is 174 g/mol. The molecule has 2 nitrogen and oxygen atoms in total. The van der Waals surface area contributed by atoms with Crippen molar-refractivity contribution < 1.29 is 9.90 Å². The summed E-state index contributed by atoms with van der Waals surface area (Å²) in [6.45, 7) is 0. The molecule has 0 radical (unpaired) electrons. The highest BCUT2D eigenvalue weighted by Crippen LogP contribution is 2.49. The van der Waals surface area contributed by atoms with Crippen molar-refractivity contribution >= 4 is 5.97 Å². The Morgan fingerprint density at radius 3 is 2.46 bits per heavy atom. The molecule has 2 heteroatoms. The summed E-state index contributed by atoms with van der Waals surface area (Å²) < 4.78 is 0. The molecule has 0 saturated heterocycles. The van der Waals surface area contributed by atoms with Crippen LogP contribution in [0.25, 0.3) is 0 Å².